The molecule has 192 valence electrons. The Morgan fingerprint density at radius 2 is 1.75 bits per heavy atom. The summed E-state index contributed by atoms with van der Waals surface area (Å²) in [5.74, 6) is -5.18. The van der Waals surface area contributed by atoms with Crippen LogP contribution in [0.4, 0.5) is 26.3 Å². The monoisotopic (exact) mass is 513 g/mol. The van der Waals surface area contributed by atoms with Crippen LogP contribution in [0.5, 0.6) is 0 Å². The maximum Gasteiger partial charge on any atom is 0.451 e. The molecule has 1 N–H and O–H groups in total. The molecule has 4 rings (SSSR count). The summed E-state index contributed by atoms with van der Waals surface area (Å²) in [4.78, 5) is 19.7. The topological polar surface area (TPSA) is 72.3 Å². The van der Waals surface area contributed by atoms with E-state index in [4.69, 9.17) is 4.84 Å². The largest absolute Gasteiger partial charge is 0.451 e. The molecule has 1 amide bonds. The Bertz CT molecular complexity index is 1220. The van der Waals surface area contributed by atoms with Crippen LogP contribution in [0, 0.1) is 17.5 Å². The first kappa shape index (κ1) is 25.6. The third-order valence-corrected chi connectivity index (χ3v) is 5.67. The highest BCUT2D eigenvalue weighted by Gasteiger charge is 2.40. The molecule has 0 radical (unpaired) electrons. The number of halogens is 6. The number of nitrogens with zero attached hydrogens (tertiary/aromatic N) is 4. The van der Waals surface area contributed by atoms with Crippen molar-refractivity contribution in [1.82, 2.24) is 25.1 Å². The van der Waals surface area contributed by atoms with E-state index in [1.54, 1.807) is 24.3 Å². The number of fused-ring (bicyclic) bond motifs is 1. The molecule has 7 nitrogen and oxygen atoms in total. The molecule has 0 saturated carbocycles. The van der Waals surface area contributed by atoms with Gasteiger partial charge in [-0.1, -0.05) is 30.3 Å². The van der Waals surface area contributed by atoms with Crippen molar-refractivity contribution in [2.24, 2.45) is 0 Å². The van der Waals surface area contributed by atoms with Gasteiger partial charge in [-0.3, -0.25) is 9.63 Å². The first-order valence-corrected chi connectivity index (χ1v) is 10.9. The second-order valence-electron chi connectivity index (χ2n) is 8.26. The van der Waals surface area contributed by atoms with E-state index in [2.05, 4.69) is 15.7 Å². The quantitative estimate of drug-likeness (QED) is 0.282. The summed E-state index contributed by atoms with van der Waals surface area (Å²) in [5, 5.41) is 6.73. The lowest BCUT2D eigenvalue weighted by Gasteiger charge is -2.29. The summed E-state index contributed by atoms with van der Waals surface area (Å²) >= 11 is 0. The minimum atomic E-state index is -4.67. The molecule has 0 aliphatic carbocycles. The molecule has 36 heavy (non-hydrogen) atoms. The standard InChI is InChI=1S/C23H21F6N5O2/c24-17-11-19(26)18(25)9-15(17)8-16(32-36-13-14-4-2-1-3-5-14)10-21(35)33-6-7-34-20(12-33)30-31-22(34)23(27,28)29/h1-5,9,11,16,32H,6-8,10,12-13H2/t16-/m1/s1. The summed E-state index contributed by atoms with van der Waals surface area (Å²) in [6.07, 6.45) is -5.14. The first-order chi connectivity index (χ1) is 17.1. The Kier molecular flexibility index (Phi) is 7.59. The third kappa shape index (κ3) is 6.02. The van der Waals surface area contributed by atoms with Gasteiger partial charge in [-0.2, -0.15) is 18.7 Å². The van der Waals surface area contributed by atoms with Gasteiger partial charge in [0.1, 0.15) is 5.82 Å². The molecular formula is C23H21F6N5O2. The predicted molar refractivity (Wildman–Crippen MR) is 113 cm³/mol. The van der Waals surface area contributed by atoms with Crippen molar-refractivity contribution >= 4 is 5.91 Å². The van der Waals surface area contributed by atoms with Crippen LogP contribution in [0.25, 0.3) is 0 Å². The second kappa shape index (κ2) is 10.7. The number of alkyl halides is 3. The van der Waals surface area contributed by atoms with Gasteiger partial charge in [0.15, 0.2) is 17.5 Å². The lowest BCUT2D eigenvalue weighted by molar-refractivity contribution is -0.148. The number of carbonyl (C=O) groups excluding carboxylic acids is 1. The Morgan fingerprint density at radius 3 is 2.47 bits per heavy atom. The van der Waals surface area contributed by atoms with Crippen molar-refractivity contribution in [2.45, 2.75) is 44.8 Å². The fraction of sp³-hybridized carbons (Fsp3) is 0.348. The van der Waals surface area contributed by atoms with Crippen LogP contribution in [-0.4, -0.2) is 38.2 Å². The van der Waals surface area contributed by atoms with E-state index < -0.39 is 41.4 Å². The van der Waals surface area contributed by atoms with Crippen molar-refractivity contribution in [3.8, 4) is 0 Å². The molecule has 13 heteroatoms. The van der Waals surface area contributed by atoms with E-state index in [9.17, 15) is 31.1 Å². The Morgan fingerprint density at radius 1 is 1.03 bits per heavy atom. The number of hydrogen-bond acceptors (Lipinski definition) is 5. The number of benzene rings is 2. The van der Waals surface area contributed by atoms with Gasteiger partial charge in [0.25, 0.3) is 0 Å². The van der Waals surface area contributed by atoms with Crippen LogP contribution in [0.2, 0.25) is 0 Å². The molecule has 0 fully saturated rings. The second-order valence-corrected chi connectivity index (χ2v) is 8.26. The molecule has 2 aromatic carbocycles. The maximum absolute atomic E-state index is 14.3. The van der Waals surface area contributed by atoms with Gasteiger partial charge in [-0.25, -0.2) is 13.2 Å². The number of amides is 1. The molecule has 1 atom stereocenters. The van der Waals surface area contributed by atoms with E-state index in [-0.39, 0.29) is 50.5 Å². The lowest BCUT2D eigenvalue weighted by atomic mass is 10.0. The molecule has 0 unspecified atom stereocenters. The molecule has 1 aliphatic heterocycles. The number of nitrogens with one attached hydrogen (secondary N) is 1. The van der Waals surface area contributed by atoms with Crippen LogP contribution >= 0.6 is 0 Å². The van der Waals surface area contributed by atoms with Crippen molar-refractivity contribution < 1.29 is 36.0 Å². The van der Waals surface area contributed by atoms with E-state index in [0.29, 0.717) is 12.1 Å². The van der Waals surface area contributed by atoms with Gasteiger partial charge in [-0.15, -0.1) is 10.2 Å². The predicted octanol–water partition coefficient (Wildman–Crippen LogP) is 3.78. The molecule has 1 aromatic heterocycles. The average Bonchev–Trinajstić information content (AvgIpc) is 3.27. The summed E-state index contributed by atoms with van der Waals surface area (Å²) in [6, 6.07) is 9.30. The average molecular weight is 513 g/mol. The van der Waals surface area contributed by atoms with Crippen molar-refractivity contribution in [3.63, 3.8) is 0 Å². The molecule has 3 aromatic rings. The van der Waals surface area contributed by atoms with Crippen molar-refractivity contribution in [1.29, 1.82) is 0 Å². The van der Waals surface area contributed by atoms with Crippen molar-refractivity contribution in [3.05, 3.63) is 82.7 Å². The smallest absolute Gasteiger partial charge is 0.333 e. The normalized spacial score (nSPS) is 14.6. The zero-order chi connectivity index (χ0) is 25.9. The van der Waals surface area contributed by atoms with Gasteiger partial charge >= 0.3 is 6.18 Å². The summed E-state index contributed by atoms with van der Waals surface area (Å²) in [6.45, 7) is -0.259. The Balaban J connectivity index is 1.45. The van der Waals surface area contributed by atoms with Crippen LogP contribution in [0.1, 0.15) is 29.2 Å². The highest BCUT2D eigenvalue weighted by Crippen LogP contribution is 2.29. The first-order valence-electron chi connectivity index (χ1n) is 10.9. The van der Waals surface area contributed by atoms with Crippen LogP contribution < -0.4 is 5.48 Å². The highest BCUT2D eigenvalue weighted by atomic mass is 19.4. The molecule has 1 aliphatic rings. The maximum atomic E-state index is 14.3. The van der Waals surface area contributed by atoms with E-state index >= 15 is 0 Å². The van der Waals surface area contributed by atoms with Gasteiger partial charge in [0.05, 0.1) is 13.2 Å². The summed E-state index contributed by atoms with van der Waals surface area (Å²) < 4.78 is 81.4. The Labute approximate surface area is 201 Å². The zero-order valence-electron chi connectivity index (χ0n) is 18.7. The molecular weight excluding hydrogens is 492 g/mol. The summed E-state index contributed by atoms with van der Waals surface area (Å²) in [5.41, 5.74) is 3.32. The van der Waals surface area contributed by atoms with Crippen molar-refractivity contribution in [2.75, 3.05) is 6.54 Å². The fourth-order valence-corrected chi connectivity index (χ4v) is 3.88. The minimum absolute atomic E-state index is 0.0154. The molecule has 2 heterocycles. The Hall–Kier alpha value is -3.45. The van der Waals surface area contributed by atoms with Crippen LogP contribution in [0.3, 0.4) is 0 Å². The lowest BCUT2D eigenvalue weighted by Crippen LogP contribution is -2.43. The van der Waals surface area contributed by atoms with Gasteiger partial charge in [0.2, 0.25) is 11.7 Å². The number of aromatic nitrogens is 3. The van der Waals surface area contributed by atoms with Crippen LogP contribution in [-0.2, 0) is 41.9 Å². The number of rotatable bonds is 8. The van der Waals surface area contributed by atoms with Gasteiger partial charge in [0, 0.05) is 31.6 Å². The zero-order valence-corrected chi connectivity index (χ0v) is 18.7. The molecule has 0 bridgehead atoms. The molecule has 0 spiro atoms. The fourth-order valence-electron chi connectivity index (χ4n) is 3.88. The van der Waals surface area contributed by atoms with Gasteiger partial charge < -0.3 is 9.47 Å². The molecule has 0 saturated heterocycles. The SMILES string of the molecule is O=C(C[C@@H](Cc1cc(F)c(F)cc1F)NOCc1ccccc1)N1CCn2c(nnc2C(F)(F)F)C1. The number of hydroxylamine groups is 1. The highest BCUT2D eigenvalue weighted by molar-refractivity contribution is 5.77. The van der Waals surface area contributed by atoms with E-state index in [1.165, 1.54) is 4.90 Å². The number of hydrogen-bond donors (Lipinski definition) is 1. The minimum Gasteiger partial charge on any atom is -0.333 e. The van der Waals surface area contributed by atoms with E-state index in [1.807, 2.05) is 6.07 Å². The summed E-state index contributed by atoms with van der Waals surface area (Å²) in [7, 11) is 0. The van der Waals surface area contributed by atoms with Gasteiger partial charge in [-0.05, 0) is 23.6 Å². The number of carbonyl (C=O) groups is 1. The third-order valence-electron chi connectivity index (χ3n) is 5.67. The van der Waals surface area contributed by atoms with E-state index in [0.717, 1.165) is 10.1 Å². The van der Waals surface area contributed by atoms with Crippen LogP contribution in [0.15, 0.2) is 42.5 Å².